The number of likely N-dealkylation sites (tertiary alicyclic amines) is 1. The number of hydrogen-bond acceptors (Lipinski definition) is 4. The summed E-state index contributed by atoms with van der Waals surface area (Å²) in [4.78, 5) is 2.45. The Morgan fingerprint density at radius 3 is 3.11 bits per heavy atom. The van der Waals surface area contributed by atoms with Gasteiger partial charge in [-0.25, -0.2) is 0 Å². The van der Waals surface area contributed by atoms with E-state index in [9.17, 15) is 0 Å². The van der Waals surface area contributed by atoms with Crippen molar-refractivity contribution in [2.75, 3.05) is 33.3 Å². The minimum atomic E-state index is 0.178. The molecule has 1 aliphatic carbocycles. The zero-order chi connectivity index (χ0) is 12.8. The smallest absolute Gasteiger partial charge is 0.121 e. The van der Waals surface area contributed by atoms with Crippen LogP contribution in [0, 0.1) is 0 Å². The van der Waals surface area contributed by atoms with E-state index in [1.54, 1.807) is 7.11 Å². The molecule has 0 aromatic rings. The number of allylic oxidation sites excluding steroid dienone is 1. The Kier molecular flexibility index (Phi) is 5.47. The van der Waals surface area contributed by atoms with Crippen molar-refractivity contribution >= 4 is 0 Å². The molecular weight excluding hydrogens is 228 g/mol. The van der Waals surface area contributed by atoms with Crippen LogP contribution in [0.4, 0.5) is 0 Å². The Morgan fingerprint density at radius 1 is 1.44 bits per heavy atom. The third kappa shape index (κ3) is 3.70. The Hall–Kier alpha value is -0.580. The maximum Gasteiger partial charge on any atom is 0.121 e. The van der Waals surface area contributed by atoms with E-state index in [1.807, 2.05) is 0 Å². The van der Waals surface area contributed by atoms with Crippen LogP contribution in [0.25, 0.3) is 0 Å². The van der Waals surface area contributed by atoms with E-state index in [1.165, 1.54) is 6.42 Å². The molecule has 0 aromatic carbocycles. The predicted octanol–water partition coefficient (Wildman–Crippen LogP) is 1.51. The van der Waals surface area contributed by atoms with E-state index < -0.39 is 0 Å². The van der Waals surface area contributed by atoms with Crippen LogP contribution < -0.4 is 5.73 Å². The van der Waals surface area contributed by atoms with E-state index in [0.29, 0.717) is 6.10 Å². The fourth-order valence-electron chi connectivity index (χ4n) is 2.78. The molecular formula is C14H26N2O2. The van der Waals surface area contributed by atoms with Gasteiger partial charge in [0.2, 0.25) is 0 Å². The summed E-state index contributed by atoms with van der Waals surface area (Å²) in [5.41, 5.74) is 5.54. The molecule has 1 aliphatic heterocycles. The van der Waals surface area contributed by atoms with Crippen LogP contribution in [0.3, 0.4) is 0 Å². The molecule has 2 unspecified atom stereocenters. The van der Waals surface area contributed by atoms with E-state index in [-0.39, 0.29) is 6.10 Å². The minimum Gasteiger partial charge on any atom is -0.491 e. The third-order valence-electron chi connectivity index (χ3n) is 3.83. The Bertz CT molecular complexity index is 281. The van der Waals surface area contributed by atoms with E-state index >= 15 is 0 Å². The standard InChI is InChI=1S/C14H26N2O2/c1-17-13-5-2-3-6-14(13)18-12-7-10-16(11-12)9-4-8-15/h6,12-13H,2-5,7-11,15H2,1H3. The highest BCUT2D eigenvalue weighted by Gasteiger charge is 2.27. The van der Waals surface area contributed by atoms with Crippen LogP contribution in [0.1, 0.15) is 32.1 Å². The second kappa shape index (κ2) is 7.12. The highest BCUT2D eigenvalue weighted by molar-refractivity contribution is 5.05. The van der Waals surface area contributed by atoms with Crippen molar-refractivity contribution in [3.63, 3.8) is 0 Å². The maximum atomic E-state index is 6.13. The van der Waals surface area contributed by atoms with E-state index in [2.05, 4.69) is 11.0 Å². The molecule has 18 heavy (non-hydrogen) atoms. The van der Waals surface area contributed by atoms with Crippen molar-refractivity contribution in [2.24, 2.45) is 5.73 Å². The van der Waals surface area contributed by atoms with Gasteiger partial charge in [0.1, 0.15) is 18.0 Å². The zero-order valence-corrected chi connectivity index (χ0v) is 11.4. The monoisotopic (exact) mass is 254 g/mol. The molecule has 0 spiro atoms. The summed E-state index contributed by atoms with van der Waals surface area (Å²) >= 11 is 0. The quantitative estimate of drug-likeness (QED) is 0.780. The summed E-state index contributed by atoms with van der Waals surface area (Å²) in [6.07, 6.45) is 8.35. The van der Waals surface area contributed by atoms with Crippen molar-refractivity contribution in [1.82, 2.24) is 4.90 Å². The molecule has 0 radical (unpaired) electrons. The van der Waals surface area contributed by atoms with E-state index in [4.69, 9.17) is 15.2 Å². The van der Waals surface area contributed by atoms with Crippen LogP contribution in [0.5, 0.6) is 0 Å². The number of methoxy groups -OCH3 is 1. The van der Waals surface area contributed by atoms with Gasteiger partial charge in [-0.2, -0.15) is 0 Å². The zero-order valence-electron chi connectivity index (χ0n) is 11.4. The summed E-state index contributed by atoms with van der Waals surface area (Å²) in [5.74, 6) is 1.06. The van der Waals surface area contributed by atoms with Gasteiger partial charge in [-0.15, -0.1) is 0 Å². The average Bonchev–Trinajstić information content (AvgIpc) is 2.84. The van der Waals surface area contributed by atoms with Gasteiger partial charge in [0, 0.05) is 20.2 Å². The van der Waals surface area contributed by atoms with Gasteiger partial charge in [0.05, 0.1) is 0 Å². The van der Waals surface area contributed by atoms with Crippen LogP contribution >= 0.6 is 0 Å². The first-order valence-electron chi connectivity index (χ1n) is 7.15. The second-order valence-electron chi connectivity index (χ2n) is 5.23. The Balaban J connectivity index is 1.78. The molecule has 2 atom stereocenters. The molecule has 1 saturated heterocycles. The minimum absolute atomic E-state index is 0.178. The van der Waals surface area contributed by atoms with Gasteiger partial charge in [0.15, 0.2) is 0 Å². The normalized spacial score (nSPS) is 29.3. The van der Waals surface area contributed by atoms with Crippen molar-refractivity contribution in [1.29, 1.82) is 0 Å². The van der Waals surface area contributed by atoms with Gasteiger partial charge in [-0.05, 0) is 51.3 Å². The van der Waals surface area contributed by atoms with Crippen molar-refractivity contribution in [3.8, 4) is 0 Å². The average molecular weight is 254 g/mol. The molecule has 104 valence electrons. The fourth-order valence-corrected chi connectivity index (χ4v) is 2.78. The topological polar surface area (TPSA) is 47.7 Å². The van der Waals surface area contributed by atoms with Crippen LogP contribution in [-0.4, -0.2) is 50.4 Å². The largest absolute Gasteiger partial charge is 0.491 e. The molecule has 0 bridgehead atoms. The lowest BCUT2D eigenvalue weighted by atomic mass is 10.0. The van der Waals surface area contributed by atoms with Gasteiger partial charge >= 0.3 is 0 Å². The third-order valence-corrected chi connectivity index (χ3v) is 3.83. The first-order chi connectivity index (χ1) is 8.83. The van der Waals surface area contributed by atoms with Crippen molar-refractivity contribution in [2.45, 2.75) is 44.3 Å². The van der Waals surface area contributed by atoms with Crippen LogP contribution in [-0.2, 0) is 9.47 Å². The molecule has 2 N–H and O–H groups in total. The number of hydrogen-bond donors (Lipinski definition) is 1. The van der Waals surface area contributed by atoms with Gasteiger partial charge in [-0.3, -0.25) is 4.90 Å². The van der Waals surface area contributed by atoms with Gasteiger partial charge in [-0.1, -0.05) is 0 Å². The highest BCUT2D eigenvalue weighted by Crippen LogP contribution is 2.25. The van der Waals surface area contributed by atoms with Crippen molar-refractivity contribution < 1.29 is 9.47 Å². The fraction of sp³-hybridized carbons (Fsp3) is 0.857. The van der Waals surface area contributed by atoms with Crippen LogP contribution in [0.15, 0.2) is 11.8 Å². The van der Waals surface area contributed by atoms with Crippen molar-refractivity contribution in [3.05, 3.63) is 11.8 Å². The summed E-state index contributed by atoms with van der Waals surface area (Å²) < 4.78 is 11.6. The highest BCUT2D eigenvalue weighted by atomic mass is 16.5. The van der Waals surface area contributed by atoms with E-state index in [0.717, 1.165) is 57.6 Å². The summed E-state index contributed by atoms with van der Waals surface area (Å²) in [6, 6.07) is 0. The predicted molar refractivity (Wildman–Crippen MR) is 72.3 cm³/mol. The first-order valence-corrected chi connectivity index (χ1v) is 7.15. The number of rotatable bonds is 6. The molecule has 4 heteroatoms. The van der Waals surface area contributed by atoms with Gasteiger partial charge < -0.3 is 15.2 Å². The molecule has 2 aliphatic rings. The molecule has 2 rings (SSSR count). The summed E-state index contributed by atoms with van der Waals surface area (Å²) in [6.45, 7) is 4.05. The molecule has 1 heterocycles. The lowest BCUT2D eigenvalue weighted by Gasteiger charge is -2.26. The molecule has 0 saturated carbocycles. The first kappa shape index (κ1) is 13.8. The Labute approximate surface area is 110 Å². The number of nitrogens with two attached hydrogens (primary N) is 1. The number of nitrogens with zero attached hydrogens (tertiary/aromatic N) is 1. The lowest BCUT2D eigenvalue weighted by molar-refractivity contribution is 0.0230. The summed E-state index contributed by atoms with van der Waals surface area (Å²) in [5, 5.41) is 0. The molecule has 1 fully saturated rings. The maximum absolute atomic E-state index is 6.13. The van der Waals surface area contributed by atoms with Gasteiger partial charge in [0.25, 0.3) is 0 Å². The number of ether oxygens (including phenoxy) is 2. The summed E-state index contributed by atoms with van der Waals surface area (Å²) in [7, 11) is 1.77. The van der Waals surface area contributed by atoms with Crippen LogP contribution in [0.2, 0.25) is 0 Å². The lowest BCUT2D eigenvalue weighted by Crippen LogP contribution is -2.28. The molecule has 4 nitrogen and oxygen atoms in total. The molecule has 0 amide bonds. The Morgan fingerprint density at radius 2 is 2.33 bits per heavy atom. The second-order valence-corrected chi connectivity index (χ2v) is 5.23. The molecule has 0 aromatic heterocycles. The SMILES string of the molecule is COC1CCCC=C1OC1CCN(CCCN)C1.